The van der Waals surface area contributed by atoms with Gasteiger partial charge < -0.3 is 19.3 Å². The van der Waals surface area contributed by atoms with Crippen LogP contribution in [0.2, 0.25) is 0 Å². The topological polar surface area (TPSA) is 65.0 Å². The number of aliphatic hydroxyl groups is 1. The fraction of sp³-hybridized carbons (Fsp3) is 0.550. The quantitative estimate of drug-likeness (QED) is 0.109. The van der Waals surface area contributed by atoms with Crippen molar-refractivity contribution in [3.8, 4) is 11.8 Å². The van der Waals surface area contributed by atoms with Gasteiger partial charge in [0.05, 0.1) is 12.2 Å². The van der Waals surface area contributed by atoms with Crippen LogP contribution in [0.1, 0.15) is 47.0 Å². The first kappa shape index (κ1) is 23.0. The minimum atomic E-state index is -0.566. The third-order valence-electron chi connectivity index (χ3n) is 3.30. The Morgan fingerprint density at radius 1 is 1.32 bits per heavy atom. The molecule has 0 aromatic carbocycles. The summed E-state index contributed by atoms with van der Waals surface area (Å²) in [6, 6.07) is 0. The molecule has 0 rings (SSSR count). The molecule has 0 saturated carbocycles. The molecule has 1 atom stereocenters. The number of hydrogen-bond acceptors (Lipinski definition) is 5. The van der Waals surface area contributed by atoms with Crippen molar-refractivity contribution in [1.82, 2.24) is 0 Å². The molecule has 0 unspecified atom stereocenters. The van der Waals surface area contributed by atoms with E-state index in [2.05, 4.69) is 18.4 Å². The van der Waals surface area contributed by atoms with E-state index in [1.165, 1.54) is 0 Å². The van der Waals surface area contributed by atoms with E-state index in [9.17, 15) is 9.90 Å². The molecule has 1 N–H and O–H groups in total. The summed E-state index contributed by atoms with van der Waals surface area (Å²) in [5.74, 6) is 4.31. The summed E-state index contributed by atoms with van der Waals surface area (Å²) >= 11 is 0. The third kappa shape index (κ3) is 10.4. The minimum Gasteiger partial charge on any atom is -0.500 e. The van der Waals surface area contributed by atoms with Crippen LogP contribution in [-0.2, 0) is 19.0 Å². The molecule has 140 valence electrons. The second-order valence-electron chi connectivity index (χ2n) is 5.32. The van der Waals surface area contributed by atoms with Gasteiger partial charge in [-0.05, 0) is 33.1 Å². The lowest BCUT2D eigenvalue weighted by Gasteiger charge is -2.14. The molecular formula is C20H30O5. The van der Waals surface area contributed by atoms with Crippen LogP contribution in [0.4, 0.5) is 0 Å². The number of ether oxygens (including phenoxy) is 3. The number of hydrogen-bond donors (Lipinski definition) is 1. The predicted molar refractivity (Wildman–Crippen MR) is 98.9 cm³/mol. The van der Waals surface area contributed by atoms with Gasteiger partial charge in [0.15, 0.2) is 5.76 Å². The molecule has 0 radical (unpaired) electrons. The second kappa shape index (κ2) is 14.3. The molecule has 0 aliphatic rings. The monoisotopic (exact) mass is 350 g/mol. The van der Waals surface area contributed by atoms with Crippen molar-refractivity contribution in [3.63, 3.8) is 0 Å². The Bertz CT molecular complexity index is 534. The molecule has 5 heteroatoms. The maximum atomic E-state index is 12.4. The Balaban J connectivity index is 5.11. The first-order valence-corrected chi connectivity index (χ1v) is 8.50. The van der Waals surface area contributed by atoms with Crippen LogP contribution in [0.5, 0.6) is 0 Å². The van der Waals surface area contributed by atoms with Crippen LogP contribution in [0, 0.1) is 11.8 Å². The normalized spacial score (nSPS) is 13.4. The van der Waals surface area contributed by atoms with Gasteiger partial charge in [-0.2, -0.15) is 0 Å². The van der Waals surface area contributed by atoms with E-state index in [0.29, 0.717) is 26.1 Å². The standard InChI is InChI=1S/C20H30O5/c1-6-10-16(5)25-20(22)18(19(21)11-7-2)14-17(8-3)12-13-24-15-23-9-4/h6,12,16,21H,1,8-10,13-15H2,2-5H3/b17-12-,19-18-/t16-/m1/s1. The highest BCUT2D eigenvalue weighted by molar-refractivity contribution is 5.90. The molecule has 0 aliphatic carbocycles. The summed E-state index contributed by atoms with van der Waals surface area (Å²) < 4.78 is 15.8. The molecule has 0 saturated heterocycles. The Morgan fingerprint density at radius 2 is 2.04 bits per heavy atom. The summed E-state index contributed by atoms with van der Waals surface area (Å²) in [6.45, 7) is 12.1. The number of carbonyl (C=O) groups is 1. The fourth-order valence-corrected chi connectivity index (χ4v) is 1.92. The minimum absolute atomic E-state index is 0.156. The van der Waals surface area contributed by atoms with Gasteiger partial charge in [-0.1, -0.05) is 30.6 Å². The van der Waals surface area contributed by atoms with Crippen molar-refractivity contribution in [1.29, 1.82) is 0 Å². The number of aliphatic hydroxyl groups excluding tert-OH is 1. The van der Waals surface area contributed by atoms with Crippen LogP contribution in [-0.4, -0.2) is 37.2 Å². The van der Waals surface area contributed by atoms with Gasteiger partial charge in [-0.25, -0.2) is 4.79 Å². The van der Waals surface area contributed by atoms with Gasteiger partial charge in [-0.3, -0.25) is 0 Å². The second-order valence-corrected chi connectivity index (χ2v) is 5.32. The lowest BCUT2D eigenvalue weighted by molar-refractivity contribution is -0.143. The number of allylic oxidation sites excluding steroid dienone is 2. The van der Waals surface area contributed by atoms with Crippen molar-refractivity contribution in [2.24, 2.45) is 0 Å². The zero-order valence-electron chi connectivity index (χ0n) is 15.8. The van der Waals surface area contributed by atoms with Gasteiger partial charge in [0.25, 0.3) is 0 Å². The zero-order valence-corrected chi connectivity index (χ0v) is 15.8. The molecule has 25 heavy (non-hydrogen) atoms. The van der Waals surface area contributed by atoms with E-state index in [0.717, 1.165) is 5.57 Å². The van der Waals surface area contributed by atoms with Crippen molar-refractivity contribution >= 4 is 5.97 Å². The average molecular weight is 350 g/mol. The lowest BCUT2D eigenvalue weighted by Crippen LogP contribution is -2.18. The summed E-state index contributed by atoms with van der Waals surface area (Å²) in [5.41, 5.74) is 1.10. The largest absolute Gasteiger partial charge is 0.500 e. The Morgan fingerprint density at radius 3 is 2.60 bits per heavy atom. The van der Waals surface area contributed by atoms with Crippen molar-refractivity contribution in [2.75, 3.05) is 20.0 Å². The lowest BCUT2D eigenvalue weighted by atomic mass is 10.0. The van der Waals surface area contributed by atoms with E-state index in [1.807, 2.05) is 19.9 Å². The van der Waals surface area contributed by atoms with Crippen LogP contribution >= 0.6 is 0 Å². The highest BCUT2D eigenvalue weighted by atomic mass is 16.7. The van der Waals surface area contributed by atoms with Crippen LogP contribution in [0.3, 0.4) is 0 Å². The van der Waals surface area contributed by atoms with Gasteiger partial charge >= 0.3 is 5.97 Å². The molecule has 0 spiro atoms. The Labute approximate surface area is 151 Å². The van der Waals surface area contributed by atoms with E-state index in [4.69, 9.17) is 14.2 Å². The molecule has 0 amide bonds. The maximum Gasteiger partial charge on any atom is 0.339 e. The summed E-state index contributed by atoms with van der Waals surface area (Å²) in [7, 11) is 0. The van der Waals surface area contributed by atoms with E-state index in [-0.39, 0.29) is 30.6 Å². The molecule has 0 aromatic heterocycles. The summed E-state index contributed by atoms with van der Waals surface area (Å²) in [4.78, 5) is 12.4. The smallest absolute Gasteiger partial charge is 0.339 e. The van der Waals surface area contributed by atoms with Gasteiger partial charge in [-0.15, -0.1) is 6.58 Å². The molecule has 0 bridgehead atoms. The van der Waals surface area contributed by atoms with Crippen LogP contribution < -0.4 is 0 Å². The zero-order chi connectivity index (χ0) is 19.1. The van der Waals surface area contributed by atoms with Gasteiger partial charge in [0, 0.05) is 19.4 Å². The SMILES string of the molecule is C=CC[C@@H](C)OC(=O)/C(C/C(=C\COCOCC)CC)=C(\O)C#CC. The predicted octanol–water partition coefficient (Wildman–Crippen LogP) is 4.07. The molecular weight excluding hydrogens is 320 g/mol. The van der Waals surface area contributed by atoms with Crippen molar-refractivity contribution in [3.05, 3.63) is 35.6 Å². The molecule has 0 fully saturated rings. The van der Waals surface area contributed by atoms with Crippen molar-refractivity contribution < 1.29 is 24.1 Å². The highest BCUT2D eigenvalue weighted by Crippen LogP contribution is 2.19. The maximum absolute atomic E-state index is 12.4. The van der Waals surface area contributed by atoms with E-state index in [1.54, 1.807) is 19.9 Å². The van der Waals surface area contributed by atoms with Gasteiger partial charge in [0.2, 0.25) is 0 Å². The molecule has 0 aliphatic heterocycles. The van der Waals surface area contributed by atoms with E-state index < -0.39 is 5.97 Å². The number of rotatable bonds is 12. The van der Waals surface area contributed by atoms with Gasteiger partial charge in [0.1, 0.15) is 12.9 Å². The summed E-state index contributed by atoms with van der Waals surface area (Å²) in [5, 5.41) is 10.1. The van der Waals surface area contributed by atoms with Crippen LogP contribution in [0.15, 0.2) is 35.6 Å². The van der Waals surface area contributed by atoms with Crippen molar-refractivity contribution in [2.45, 2.75) is 53.1 Å². The first-order valence-electron chi connectivity index (χ1n) is 8.50. The fourth-order valence-electron chi connectivity index (χ4n) is 1.92. The highest BCUT2D eigenvalue weighted by Gasteiger charge is 2.19. The average Bonchev–Trinajstić information content (AvgIpc) is 2.57. The molecule has 0 heterocycles. The Kier molecular flexibility index (Phi) is 13.2. The molecule has 5 nitrogen and oxygen atoms in total. The third-order valence-corrected chi connectivity index (χ3v) is 3.30. The number of carbonyl (C=O) groups excluding carboxylic acids is 1. The van der Waals surface area contributed by atoms with Crippen LogP contribution in [0.25, 0.3) is 0 Å². The first-order chi connectivity index (χ1) is 12.0. The summed E-state index contributed by atoms with van der Waals surface area (Å²) in [6.07, 6.45) is 4.76. The molecule has 0 aromatic rings. The Hall–Kier alpha value is -2.03. The number of esters is 1. The van der Waals surface area contributed by atoms with E-state index >= 15 is 0 Å².